The van der Waals surface area contributed by atoms with Gasteiger partial charge in [-0.05, 0) is 31.0 Å². The van der Waals surface area contributed by atoms with Crippen molar-refractivity contribution < 1.29 is 19.4 Å². The first kappa shape index (κ1) is 13.7. The van der Waals surface area contributed by atoms with E-state index in [0.29, 0.717) is 11.3 Å². The molecule has 2 aliphatic rings. The van der Waals surface area contributed by atoms with Crippen molar-refractivity contribution in [1.82, 2.24) is 4.90 Å². The molecule has 1 aromatic rings. The number of fused-ring (bicyclic) bond motifs is 3. The first-order chi connectivity index (χ1) is 9.90. The third-order valence-electron chi connectivity index (χ3n) is 4.26. The van der Waals surface area contributed by atoms with Crippen molar-refractivity contribution in [2.75, 3.05) is 0 Å². The molecule has 110 valence electrons. The molecule has 2 aliphatic heterocycles. The molecule has 0 saturated heterocycles. The van der Waals surface area contributed by atoms with Gasteiger partial charge in [0.25, 0.3) is 0 Å². The topological polar surface area (TPSA) is 66.8 Å². The number of benzene rings is 1. The van der Waals surface area contributed by atoms with Crippen LogP contribution < -0.4 is 4.74 Å². The van der Waals surface area contributed by atoms with Crippen LogP contribution in [-0.4, -0.2) is 27.9 Å². The van der Waals surface area contributed by atoms with Crippen molar-refractivity contribution in [1.29, 1.82) is 0 Å². The summed E-state index contributed by atoms with van der Waals surface area (Å²) in [5.74, 6) is 0.345. The largest absolute Gasteiger partial charge is 0.508 e. The number of Topliss-reactive ketones (excluding diaryl/α,β-unsaturated/α-hetero) is 1. The Morgan fingerprint density at radius 2 is 2.00 bits per heavy atom. The molecule has 0 fully saturated rings. The lowest BCUT2D eigenvalue weighted by atomic mass is 9.78. The van der Waals surface area contributed by atoms with Gasteiger partial charge in [0, 0.05) is 24.3 Å². The van der Waals surface area contributed by atoms with E-state index < -0.39 is 6.23 Å². The number of hydrogen-bond donors (Lipinski definition) is 1. The van der Waals surface area contributed by atoms with Crippen LogP contribution in [0.4, 0.5) is 0 Å². The van der Waals surface area contributed by atoms with Gasteiger partial charge in [0.15, 0.2) is 12.0 Å². The highest BCUT2D eigenvalue weighted by atomic mass is 16.5. The zero-order valence-electron chi connectivity index (χ0n) is 12.2. The number of ketones is 1. The van der Waals surface area contributed by atoms with Gasteiger partial charge in [0.1, 0.15) is 11.5 Å². The van der Waals surface area contributed by atoms with Gasteiger partial charge in [-0.3, -0.25) is 14.5 Å². The number of rotatable bonds is 1. The Morgan fingerprint density at radius 3 is 2.62 bits per heavy atom. The summed E-state index contributed by atoms with van der Waals surface area (Å²) in [6.45, 7) is 4.90. The number of phenols is 1. The number of carbonyl (C=O) groups excluding carboxylic acids is 2. The summed E-state index contributed by atoms with van der Waals surface area (Å²) in [5.41, 5.74) is 1.44. The molecule has 5 heteroatoms. The average Bonchev–Trinajstić information content (AvgIpc) is 2.77. The minimum Gasteiger partial charge on any atom is -0.508 e. The van der Waals surface area contributed by atoms with E-state index in [1.54, 1.807) is 24.4 Å². The van der Waals surface area contributed by atoms with Gasteiger partial charge in [0.2, 0.25) is 5.91 Å². The van der Waals surface area contributed by atoms with Gasteiger partial charge >= 0.3 is 0 Å². The van der Waals surface area contributed by atoms with Crippen molar-refractivity contribution in [2.45, 2.75) is 32.9 Å². The van der Waals surface area contributed by atoms with Gasteiger partial charge in [-0.25, -0.2) is 0 Å². The third-order valence-corrected chi connectivity index (χ3v) is 4.26. The molecule has 1 N–H and O–H groups in total. The molecule has 1 amide bonds. The summed E-state index contributed by atoms with van der Waals surface area (Å²) in [5, 5.41) is 9.71. The molecule has 0 spiro atoms. The van der Waals surface area contributed by atoms with Crippen LogP contribution in [0.3, 0.4) is 0 Å². The zero-order chi connectivity index (χ0) is 15.3. The summed E-state index contributed by atoms with van der Waals surface area (Å²) >= 11 is 0. The van der Waals surface area contributed by atoms with Gasteiger partial charge in [-0.2, -0.15) is 0 Å². The van der Waals surface area contributed by atoms with E-state index in [9.17, 15) is 14.7 Å². The van der Waals surface area contributed by atoms with E-state index >= 15 is 0 Å². The monoisotopic (exact) mass is 287 g/mol. The number of hydrogen-bond acceptors (Lipinski definition) is 4. The molecular weight excluding hydrogens is 270 g/mol. The zero-order valence-corrected chi connectivity index (χ0v) is 12.2. The average molecular weight is 287 g/mol. The molecule has 0 radical (unpaired) electrons. The fraction of sp³-hybridized carbons (Fsp3) is 0.375. The van der Waals surface area contributed by atoms with Crippen LogP contribution >= 0.6 is 0 Å². The van der Waals surface area contributed by atoms with Crippen molar-refractivity contribution in [3.05, 3.63) is 35.5 Å². The Bertz CT molecular complexity index is 664. The smallest absolute Gasteiger partial charge is 0.226 e. The van der Waals surface area contributed by atoms with E-state index in [-0.39, 0.29) is 29.3 Å². The second kappa shape index (κ2) is 4.62. The quantitative estimate of drug-likeness (QED) is 0.859. The van der Waals surface area contributed by atoms with Crippen LogP contribution in [0.5, 0.6) is 11.5 Å². The van der Waals surface area contributed by atoms with E-state index in [1.165, 1.54) is 18.7 Å². The van der Waals surface area contributed by atoms with Crippen LogP contribution in [-0.2, 0) is 9.59 Å². The standard InChI is InChI=1S/C16H17NO4/c1-8-13(9(2)18)7-17(10(3)19)16-15(8)12-6-11(20)4-5-14(12)21-16/h4-8,15-16,20H,1-3H3/t8-,15+,16+/m1/s1. The summed E-state index contributed by atoms with van der Waals surface area (Å²) in [6, 6.07) is 4.90. The molecule has 1 aromatic carbocycles. The maximum atomic E-state index is 11.9. The molecule has 3 rings (SSSR count). The maximum absolute atomic E-state index is 11.9. The summed E-state index contributed by atoms with van der Waals surface area (Å²) in [4.78, 5) is 25.2. The number of aromatic hydroxyl groups is 1. The number of allylic oxidation sites excluding steroid dienone is 1. The van der Waals surface area contributed by atoms with Crippen molar-refractivity contribution in [2.24, 2.45) is 5.92 Å². The molecule has 3 atom stereocenters. The van der Waals surface area contributed by atoms with E-state index in [0.717, 1.165) is 5.56 Å². The fourth-order valence-electron chi connectivity index (χ4n) is 3.22. The maximum Gasteiger partial charge on any atom is 0.226 e. The number of amides is 1. The Hall–Kier alpha value is -2.30. The Labute approximate surface area is 122 Å². The predicted molar refractivity (Wildman–Crippen MR) is 75.7 cm³/mol. The van der Waals surface area contributed by atoms with E-state index in [1.807, 2.05) is 6.92 Å². The SMILES string of the molecule is CC(=O)C1=CN(C(C)=O)[C@H]2Oc3ccc(O)cc3[C@@H]2[C@@H]1C. The number of carbonyl (C=O) groups is 2. The fourth-order valence-corrected chi connectivity index (χ4v) is 3.22. The minimum atomic E-state index is -0.461. The van der Waals surface area contributed by atoms with Gasteiger partial charge in [-0.1, -0.05) is 6.92 Å². The normalized spacial score (nSPS) is 26.5. The third kappa shape index (κ3) is 2.00. The van der Waals surface area contributed by atoms with Crippen molar-refractivity contribution >= 4 is 11.7 Å². The number of nitrogens with zero attached hydrogens (tertiary/aromatic N) is 1. The molecule has 0 aromatic heterocycles. The van der Waals surface area contributed by atoms with Crippen LogP contribution in [0.2, 0.25) is 0 Å². The van der Waals surface area contributed by atoms with Crippen LogP contribution in [0, 0.1) is 5.92 Å². The highest BCUT2D eigenvalue weighted by molar-refractivity contribution is 5.95. The summed E-state index contributed by atoms with van der Waals surface area (Å²) in [7, 11) is 0. The lowest BCUT2D eigenvalue weighted by molar-refractivity contribution is -0.134. The molecule has 2 heterocycles. The molecule has 0 bridgehead atoms. The molecular formula is C16H17NO4. The second-order valence-electron chi connectivity index (χ2n) is 5.61. The van der Waals surface area contributed by atoms with Crippen LogP contribution in [0.25, 0.3) is 0 Å². The van der Waals surface area contributed by atoms with Crippen LogP contribution in [0.15, 0.2) is 30.0 Å². The van der Waals surface area contributed by atoms with Crippen LogP contribution in [0.1, 0.15) is 32.3 Å². The van der Waals surface area contributed by atoms with Gasteiger partial charge < -0.3 is 9.84 Å². The summed E-state index contributed by atoms with van der Waals surface area (Å²) in [6.07, 6.45) is 1.14. The minimum absolute atomic E-state index is 0.0548. The van der Waals surface area contributed by atoms with E-state index in [4.69, 9.17) is 4.74 Å². The van der Waals surface area contributed by atoms with Gasteiger partial charge in [0.05, 0.1) is 5.92 Å². The lowest BCUT2D eigenvalue weighted by Crippen LogP contribution is -2.46. The highest BCUT2D eigenvalue weighted by Gasteiger charge is 2.46. The molecule has 0 unspecified atom stereocenters. The van der Waals surface area contributed by atoms with Gasteiger partial charge in [-0.15, -0.1) is 0 Å². The highest BCUT2D eigenvalue weighted by Crippen LogP contribution is 2.49. The first-order valence-electron chi connectivity index (χ1n) is 6.91. The molecule has 0 saturated carbocycles. The first-order valence-corrected chi connectivity index (χ1v) is 6.91. The number of ether oxygens (including phenoxy) is 1. The molecule has 21 heavy (non-hydrogen) atoms. The summed E-state index contributed by atoms with van der Waals surface area (Å²) < 4.78 is 5.88. The van der Waals surface area contributed by atoms with Crippen molar-refractivity contribution in [3.8, 4) is 11.5 Å². The number of phenolic OH excluding ortho intramolecular Hbond substituents is 1. The van der Waals surface area contributed by atoms with E-state index in [2.05, 4.69) is 0 Å². The molecule has 0 aliphatic carbocycles. The Balaban J connectivity index is 2.13. The Kier molecular flexibility index (Phi) is 3.01. The van der Waals surface area contributed by atoms with Crippen molar-refractivity contribution in [3.63, 3.8) is 0 Å². The predicted octanol–water partition coefficient (Wildman–Crippen LogP) is 2.17. The Morgan fingerprint density at radius 1 is 1.29 bits per heavy atom. The lowest BCUT2D eigenvalue weighted by Gasteiger charge is -2.37. The second-order valence-corrected chi connectivity index (χ2v) is 5.61. The molecule has 5 nitrogen and oxygen atoms in total.